The Bertz CT molecular complexity index is 496. The van der Waals surface area contributed by atoms with Crippen LogP contribution in [0.5, 0.6) is 5.75 Å². The number of halogens is 1. The lowest BCUT2D eigenvalue weighted by Crippen LogP contribution is -2.02. The highest BCUT2D eigenvalue weighted by molar-refractivity contribution is 5.51. The zero-order valence-electron chi connectivity index (χ0n) is 9.07. The van der Waals surface area contributed by atoms with Crippen molar-refractivity contribution >= 4 is 5.95 Å². The summed E-state index contributed by atoms with van der Waals surface area (Å²) < 4.78 is 20.0. The molecule has 1 aromatic heterocycles. The van der Waals surface area contributed by atoms with Crippen molar-refractivity contribution in [3.63, 3.8) is 0 Å². The minimum atomic E-state index is -0.327. The second-order valence-corrected chi connectivity index (χ2v) is 3.19. The molecule has 0 fully saturated rings. The number of rotatable bonds is 3. The Balaban J connectivity index is 2.55. The zero-order valence-corrected chi connectivity index (χ0v) is 9.07. The first-order chi connectivity index (χ1) is 7.76. The van der Waals surface area contributed by atoms with Gasteiger partial charge >= 0.3 is 0 Å². The SMILES string of the molecule is CNc1nccn1-c1ccc(F)cc1OC. The number of nitrogens with one attached hydrogen (secondary N) is 1. The van der Waals surface area contributed by atoms with Gasteiger partial charge in [-0.15, -0.1) is 0 Å². The molecule has 0 bridgehead atoms. The molecule has 4 nitrogen and oxygen atoms in total. The first-order valence-electron chi connectivity index (χ1n) is 4.81. The molecule has 0 spiro atoms. The molecule has 16 heavy (non-hydrogen) atoms. The van der Waals surface area contributed by atoms with Gasteiger partial charge in [0.15, 0.2) is 0 Å². The Hall–Kier alpha value is -2.04. The molecule has 0 saturated heterocycles. The second-order valence-electron chi connectivity index (χ2n) is 3.19. The molecule has 0 aliphatic heterocycles. The lowest BCUT2D eigenvalue weighted by Gasteiger charge is -2.11. The summed E-state index contributed by atoms with van der Waals surface area (Å²) in [5.41, 5.74) is 0.741. The van der Waals surface area contributed by atoms with Crippen molar-refractivity contribution in [2.45, 2.75) is 0 Å². The number of benzene rings is 1. The van der Waals surface area contributed by atoms with Crippen LogP contribution in [0, 0.1) is 5.82 Å². The summed E-state index contributed by atoms with van der Waals surface area (Å²) in [6.07, 6.45) is 3.44. The van der Waals surface area contributed by atoms with E-state index >= 15 is 0 Å². The average molecular weight is 221 g/mol. The van der Waals surface area contributed by atoms with E-state index in [0.717, 1.165) is 5.69 Å². The van der Waals surface area contributed by atoms with E-state index in [1.165, 1.54) is 19.2 Å². The Morgan fingerprint density at radius 1 is 1.44 bits per heavy atom. The van der Waals surface area contributed by atoms with Gasteiger partial charge in [0.1, 0.15) is 11.6 Å². The number of anilines is 1. The van der Waals surface area contributed by atoms with E-state index in [1.807, 2.05) is 0 Å². The number of hydrogen-bond donors (Lipinski definition) is 1. The third-order valence-corrected chi connectivity index (χ3v) is 2.27. The van der Waals surface area contributed by atoms with E-state index < -0.39 is 0 Å². The van der Waals surface area contributed by atoms with Gasteiger partial charge in [0.25, 0.3) is 0 Å². The Morgan fingerprint density at radius 3 is 2.94 bits per heavy atom. The minimum absolute atomic E-state index is 0.327. The maximum absolute atomic E-state index is 13.0. The second kappa shape index (κ2) is 4.22. The molecule has 1 N–H and O–H groups in total. The molecule has 0 amide bonds. The zero-order chi connectivity index (χ0) is 11.5. The van der Waals surface area contributed by atoms with Crippen LogP contribution in [0.1, 0.15) is 0 Å². The molecule has 2 aromatic rings. The number of hydrogen-bond acceptors (Lipinski definition) is 3. The summed E-state index contributed by atoms with van der Waals surface area (Å²) in [5, 5.41) is 2.94. The molecule has 0 atom stereocenters. The van der Waals surface area contributed by atoms with Crippen molar-refractivity contribution in [3.8, 4) is 11.4 Å². The van der Waals surface area contributed by atoms with Gasteiger partial charge in [-0.3, -0.25) is 4.57 Å². The maximum Gasteiger partial charge on any atom is 0.207 e. The lowest BCUT2D eigenvalue weighted by atomic mass is 10.3. The molecule has 0 saturated carbocycles. The van der Waals surface area contributed by atoms with Crippen LogP contribution in [-0.2, 0) is 0 Å². The number of aromatic nitrogens is 2. The highest BCUT2D eigenvalue weighted by Gasteiger charge is 2.09. The fourth-order valence-corrected chi connectivity index (χ4v) is 1.53. The van der Waals surface area contributed by atoms with Gasteiger partial charge in [-0.1, -0.05) is 0 Å². The lowest BCUT2D eigenvalue weighted by molar-refractivity contribution is 0.409. The van der Waals surface area contributed by atoms with Gasteiger partial charge in [0.05, 0.1) is 12.8 Å². The van der Waals surface area contributed by atoms with Crippen LogP contribution in [0.4, 0.5) is 10.3 Å². The van der Waals surface area contributed by atoms with Crippen LogP contribution in [0.25, 0.3) is 5.69 Å². The quantitative estimate of drug-likeness (QED) is 0.862. The van der Waals surface area contributed by atoms with Crippen molar-refractivity contribution in [1.29, 1.82) is 0 Å². The van der Waals surface area contributed by atoms with E-state index in [2.05, 4.69) is 10.3 Å². The van der Waals surface area contributed by atoms with E-state index in [4.69, 9.17) is 4.74 Å². The Labute approximate surface area is 92.7 Å². The summed E-state index contributed by atoms with van der Waals surface area (Å²) >= 11 is 0. The van der Waals surface area contributed by atoms with Crippen molar-refractivity contribution in [3.05, 3.63) is 36.4 Å². The summed E-state index contributed by atoms with van der Waals surface area (Å²) in [5.74, 6) is 0.811. The number of imidazole rings is 1. The molecule has 84 valence electrons. The standard InChI is InChI=1S/C11H12FN3O/c1-13-11-14-5-6-15(11)9-4-3-8(12)7-10(9)16-2/h3-7H,1-2H3,(H,13,14). The molecule has 1 aromatic carbocycles. The van der Waals surface area contributed by atoms with Crippen molar-refractivity contribution in [1.82, 2.24) is 9.55 Å². The summed E-state index contributed by atoms with van der Waals surface area (Å²) in [7, 11) is 3.28. The average Bonchev–Trinajstić information content (AvgIpc) is 2.76. The smallest absolute Gasteiger partial charge is 0.207 e. The third kappa shape index (κ3) is 1.71. The molecule has 0 aliphatic rings. The maximum atomic E-state index is 13.0. The summed E-state index contributed by atoms with van der Waals surface area (Å²) in [6.45, 7) is 0. The van der Waals surface area contributed by atoms with Gasteiger partial charge in [0.2, 0.25) is 5.95 Å². The number of nitrogens with zero attached hydrogens (tertiary/aromatic N) is 2. The van der Waals surface area contributed by atoms with Gasteiger partial charge in [0, 0.05) is 25.5 Å². The van der Waals surface area contributed by atoms with Gasteiger partial charge in [-0.2, -0.15) is 0 Å². The van der Waals surface area contributed by atoms with Crippen LogP contribution in [0.2, 0.25) is 0 Å². The summed E-state index contributed by atoms with van der Waals surface area (Å²) in [6, 6.07) is 4.38. The van der Waals surface area contributed by atoms with E-state index in [9.17, 15) is 4.39 Å². The van der Waals surface area contributed by atoms with Crippen LogP contribution >= 0.6 is 0 Å². The van der Waals surface area contributed by atoms with Crippen molar-refractivity contribution < 1.29 is 9.13 Å². The van der Waals surface area contributed by atoms with Gasteiger partial charge < -0.3 is 10.1 Å². The van der Waals surface area contributed by atoms with E-state index in [0.29, 0.717) is 11.7 Å². The molecule has 1 heterocycles. The predicted octanol–water partition coefficient (Wildman–Crippen LogP) is 2.06. The van der Waals surface area contributed by atoms with Crippen LogP contribution < -0.4 is 10.1 Å². The molecular formula is C11H12FN3O. The van der Waals surface area contributed by atoms with E-state index in [-0.39, 0.29) is 5.82 Å². The molecule has 0 aliphatic carbocycles. The number of ether oxygens (including phenoxy) is 1. The normalized spacial score (nSPS) is 10.2. The van der Waals surface area contributed by atoms with Gasteiger partial charge in [-0.05, 0) is 12.1 Å². The third-order valence-electron chi connectivity index (χ3n) is 2.27. The van der Waals surface area contributed by atoms with Crippen LogP contribution in [0.3, 0.4) is 0 Å². The topological polar surface area (TPSA) is 39.1 Å². The highest BCUT2D eigenvalue weighted by Crippen LogP contribution is 2.25. The predicted molar refractivity (Wildman–Crippen MR) is 59.6 cm³/mol. The first kappa shape index (κ1) is 10.5. The van der Waals surface area contributed by atoms with Crippen LogP contribution in [-0.4, -0.2) is 23.7 Å². The van der Waals surface area contributed by atoms with E-state index in [1.54, 1.807) is 30.1 Å². The molecule has 0 radical (unpaired) electrons. The fraction of sp³-hybridized carbons (Fsp3) is 0.182. The van der Waals surface area contributed by atoms with Gasteiger partial charge in [-0.25, -0.2) is 9.37 Å². The van der Waals surface area contributed by atoms with Crippen molar-refractivity contribution in [2.24, 2.45) is 0 Å². The first-order valence-corrected chi connectivity index (χ1v) is 4.81. The molecule has 5 heteroatoms. The molecule has 2 rings (SSSR count). The summed E-state index contributed by atoms with van der Waals surface area (Å²) in [4.78, 5) is 4.11. The monoisotopic (exact) mass is 221 g/mol. The molecular weight excluding hydrogens is 209 g/mol. The molecule has 0 unspecified atom stereocenters. The van der Waals surface area contributed by atoms with Crippen LogP contribution in [0.15, 0.2) is 30.6 Å². The number of methoxy groups -OCH3 is 1. The highest BCUT2D eigenvalue weighted by atomic mass is 19.1. The Kier molecular flexibility index (Phi) is 2.76. The largest absolute Gasteiger partial charge is 0.494 e. The fourth-order valence-electron chi connectivity index (χ4n) is 1.53. The Morgan fingerprint density at radius 2 is 2.25 bits per heavy atom. The minimum Gasteiger partial charge on any atom is -0.494 e. The van der Waals surface area contributed by atoms with Crippen molar-refractivity contribution in [2.75, 3.05) is 19.5 Å².